The van der Waals surface area contributed by atoms with E-state index in [1.807, 2.05) is 0 Å². The largest absolute Gasteiger partial charge is 0.461 e. The maximum absolute atomic E-state index is 13.6. The number of rotatable bonds is 3. The third-order valence-electron chi connectivity index (χ3n) is 2.62. The van der Waals surface area contributed by atoms with E-state index in [0.717, 1.165) is 0 Å². The summed E-state index contributed by atoms with van der Waals surface area (Å²) in [5.74, 6) is -4.21. The zero-order valence-electron chi connectivity index (χ0n) is 10.8. The highest BCUT2D eigenvalue weighted by atomic mass is 19.2. The average Bonchev–Trinajstić information content (AvgIpc) is 2.76. The molecule has 0 amide bonds. The molecule has 0 saturated heterocycles. The highest BCUT2D eigenvalue weighted by Crippen LogP contribution is 2.24. The molecule has 2 rings (SSSR count). The van der Waals surface area contributed by atoms with Gasteiger partial charge in [0.2, 0.25) is 0 Å². The van der Waals surface area contributed by atoms with Crippen molar-refractivity contribution in [2.45, 2.75) is 13.8 Å². The summed E-state index contributed by atoms with van der Waals surface area (Å²) in [6.45, 7) is 3.34. The normalized spacial score (nSPS) is 10.7. The predicted octanol–water partition coefficient (Wildman–Crippen LogP) is 2.98. The lowest BCUT2D eigenvalue weighted by atomic mass is 10.2. The highest BCUT2D eigenvalue weighted by Gasteiger charge is 2.19. The van der Waals surface area contributed by atoms with Crippen LogP contribution in [0.5, 0.6) is 0 Å². The van der Waals surface area contributed by atoms with Crippen molar-refractivity contribution in [2.75, 3.05) is 6.61 Å². The zero-order chi connectivity index (χ0) is 14.9. The molecule has 1 aromatic carbocycles. The van der Waals surface area contributed by atoms with Gasteiger partial charge in [0.15, 0.2) is 17.3 Å². The van der Waals surface area contributed by atoms with Crippen LogP contribution in [-0.4, -0.2) is 22.5 Å². The van der Waals surface area contributed by atoms with Gasteiger partial charge in [0.25, 0.3) is 0 Å². The van der Waals surface area contributed by atoms with E-state index in [1.165, 1.54) is 0 Å². The molecular formula is C13H11F3N2O2. The fraction of sp³-hybridized carbons (Fsp3) is 0.231. The number of esters is 1. The molecule has 106 valence electrons. The van der Waals surface area contributed by atoms with Gasteiger partial charge in [-0.2, -0.15) is 0 Å². The second-order valence-corrected chi connectivity index (χ2v) is 4.03. The van der Waals surface area contributed by atoms with Crippen LogP contribution in [0.2, 0.25) is 0 Å². The van der Waals surface area contributed by atoms with Gasteiger partial charge in [-0.05, 0) is 19.9 Å². The van der Waals surface area contributed by atoms with Crippen LogP contribution in [0.15, 0.2) is 12.1 Å². The van der Waals surface area contributed by atoms with E-state index in [4.69, 9.17) is 4.74 Å². The summed E-state index contributed by atoms with van der Waals surface area (Å²) in [5, 5.41) is 0. The predicted molar refractivity (Wildman–Crippen MR) is 64.6 cm³/mol. The van der Waals surface area contributed by atoms with Gasteiger partial charge in [-0.3, -0.25) is 0 Å². The number of ether oxygens (including phenoxy) is 1. The van der Waals surface area contributed by atoms with Gasteiger partial charge in [0.05, 0.1) is 12.2 Å². The monoisotopic (exact) mass is 284 g/mol. The fourth-order valence-corrected chi connectivity index (χ4v) is 1.69. The van der Waals surface area contributed by atoms with Gasteiger partial charge >= 0.3 is 5.97 Å². The van der Waals surface area contributed by atoms with Gasteiger partial charge in [-0.1, -0.05) is 0 Å². The minimum absolute atomic E-state index is 0.0222. The van der Waals surface area contributed by atoms with Gasteiger partial charge in [0, 0.05) is 11.8 Å². The Labute approximate surface area is 112 Å². The summed E-state index contributed by atoms with van der Waals surface area (Å²) in [6, 6.07) is 1.10. The summed E-state index contributed by atoms with van der Waals surface area (Å²) >= 11 is 0. The molecule has 4 nitrogen and oxygen atoms in total. The van der Waals surface area contributed by atoms with E-state index in [9.17, 15) is 18.0 Å². The Hall–Kier alpha value is -2.31. The number of carbonyl (C=O) groups is 1. The number of nitrogens with one attached hydrogen (secondary N) is 1. The van der Waals surface area contributed by atoms with Crippen LogP contribution in [-0.2, 0) is 4.74 Å². The molecule has 0 aliphatic rings. The Bertz CT molecular complexity index is 668. The number of benzene rings is 1. The molecule has 0 bridgehead atoms. The molecule has 0 unspecified atom stereocenters. The molecule has 0 aliphatic carbocycles. The van der Waals surface area contributed by atoms with Crippen molar-refractivity contribution in [1.29, 1.82) is 0 Å². The van der Waals surface area contributed by atoms with Gasteiger partial charge in [-0.15, -0.1) is 0 Å². The van der Waals surface area contributed by atoms with E-state index in [0.29, 0.717) is 17.8 Å². The Morgan fingerprint density at radius 3 is 2.55 bits per heavy atom. The molecule has 2 aromatic rings. The second kappa shape index (κ2) is 5.36. The average molecular weight is 284 g/mol. The third-order valence-corrected chi connectivity index (χ3v) is 2.62. The molecule has 0 fully saturated rings. The summed E-state index contributed by atoms with van der Waals surface area (Å²) in [7, 11) is 0. The van der Waals surface area contributed by atoms with Gasteiger partial charge in [0.1, 0.15) is 11.6 Å². The lowest BCUT2D eigenvalue weighted by Gasteiger charge is -2.00. The maximum Gasteiger partial charge on any atom is 0.358 e. The molecule has 20 heavy (non-hydrogen) atoms. The number of aromatic amines is 1. The van der Waals surface area contributed by atoms with Crippen molar-refractivity contribution < 1.29 is 22.7 Å². The molecule has 1 N–H and O–H groups in total. The van der Waals surface area contributed by atoms with E-state index in [1.54, 1.807) is 13.8 Å². The van der Waals surface area contributed by atoms with E-state index >= 15 is 0 Å². The van der Waals surface area contributed by atoms with Crippen molar-refractivity contribution in [3.63, 3.8) is 0 Å². The van der Waals surface area contributed by atoms with Crippen molar-refractivity contribution in [3.8, 4) is 11.4 Å². The van der Waals surface area contributed by atoms with Crippen LogP contribution in [0.3, 0.4) is 0 Å². The second-order valence-electron chi connectivity index (χ2n) is 4.03. The van der Waals surface area contributed by atoms with Crippen LogP contribution in [0.1, 0.15) is 23.1 Å². The van der Waals surface area contributed by atoms with E-state index in [2.05, 4.69) is 9.97 Å². The number of H-pyrrole nitrogens is 1. The van der Waals surface area contributed by atoms with Crippen LogP contribution < -0.4 is 0 Å². The van der Waals surface area contributed by atoms with Crippen molar-refractivity contribution in [3.05, 3.63) is 41.0 Å². The quantitative estimate of drug-likeness (QED) is 0.696. The van der Waals surface area contributed by atoms with Crippen LogP contribution in [0, 0.1) is 24.4 Å². The van der Waals surface area contributed by atoms with Crippen LogP contribution in [0.4, 0.5) is 13.2 Å². The molecular weight excluding hydrogens is 273 g/mol. The Balaban J connectivity index is 2.47. The first-order valence-electron chi connectivity index (χ1n) is 5.82. The number of carbonyl (C=O) groups excluding carboxylic acids is 1. The SMILES string of the molecule is CCOC(=O)c1nc(-c2cc(F)c(F)cc2F)[nH]c1C. The molecule has 0 saturated carbocycles. The summed E-state index contributed by atoms with van der Waals surface area (Å²) in [4.78, 5) is 18.1. The lowest BCUT2D eigenvalue weighted by Crippen LogP contribution is -2.06. The molecule has 1 aromatic heterocycles. The molecule has 1 heterocycles. The molecule has 0 aliphatic heterocycles. The number of hydrogen-bond acceptors (Lipinski definition) is 3. The molecule has 0 spiro atoms. The topological polar surface area (TPSA) is 55.0 Å². The Morgan fingerprint density at radius 1 is 1.25 bits per heavy atom. The summed E-state index contributed by atoms with van der Waals surface area (Å²) in [6.07, 6.45) is 0. The lowest BCUT2D eigenvalue weighted by molar-refractivity contribution is 0.0519. The minimum atomic E-state index is -1.29. The molecule has 7 heteroatoms. The number of hydrogen-bond donors (Lipinski definition) is 1. The van der Waals surface area contributed by atoms with E-state index in [-0.39, 0.29) is 23.7 Å². The van der Waals surface area contributed by atoms with Gasteiger partial charge in [-0.25, -0.2) is 22.9 Å². The number of aromatic nitrogens is 2. The smallest absolute Gasteiger partial charge is 0.358 e. The van der Waals surface area contributed by atoms with Crippen molar-refractivity contribution in [2.24, 2.45) is 0 Å². The number of halogens is 3. The highest BCUT2D eigenvalue weighted by molar-refractivity contribution is 5.89. The molecule has 0 radical (unpaired) electrons. The van der Waals surface area contributed by atoms with Gasteiger partial charge < -0.3 is 9.72 Å². The zero-order valence-corrected chi connectivity index (χ0v) is 10.8. The minimum Gasteiger partial charge on any atom is -0.461 e. The third kappa shape index (κ3) is 2.52. The van der Waals surface area contributed by atoms with E-state index < -0.39 is 23.4 Å². The standard InChI is InChI=1S/C13H11F3N2O2/c1-3-20-13(19)11-6(2)17-12(18-11)7-4-9(15)10(16)5-8(7)14/h4-5H,3H2,1-2H3,(H,17,18). The van der Waals surface area contributed by atoms with Crippen molar-refractivity contribution in [1.82, 2.24) is 9.97 Å². The first kappa shape index (κ1) is 14.1. The summed E-state index contributed by atoms with van der Waals surface area (Å²) < 4.78 is 44.4. The number of imidazole rings is 1. The Morgan fingerprint density at radius 2 is 1.90 bits per heavy atom. The number of aryl methyl sites for hydroxylation is 1. The fourth-order valence-electron chi connectivity index (χ4n) is 1.69. The summed E-state index contributed by atoms with van der Waals surface area (Å²) in [5.41, 5.74) is 0.0658. The van der Waals surface area contributed by atoms with Crippen LogP contribution >= 0.6 is 0 Å². The van der Waals surface area contributed by atoms with Crippen LogP contribution in [0.25, 0.3) is 11.4 Å². The maximum atomic E-state index is 13.6. The first-order chi connectivity index (χ1) is 9.43. The molecule has 0 atom stereocenters. The van der Waals surface area contributed by atoms with Crippen molar-refractivity contribution >= 4 is 5.97 Å². The first-order valence-corrected chi connectivity index (χ1v) is 5.82. The number of nitrogens with zero attached hydrogens (tertiary/aromatic N) is 1. The Kier molecular flexibility index (Phi) is 3.78.